The van der Waals surface area contributed by atoms with E-state index in [9.17, 15) is 4.79 Å². The molecule has 1 N–H and O–H groups in total. The lowest BCUT2D eigenvalue weighted by atomic mass is 9.95. The smallest absolute Gasteiger partial charge is 0.239 e. The lowest BCUT2D eigenvalue weighted by molar-refractivity contribution is -0.137. The number of nitrogens with zero attached hydrogens (tertiary/aromatic N) is 1. The van der Waals surface area contributed by atoms with Crippen molar-refractivity contribution >= 4 is 5.91 Å². The number of ether oxygens (including phenoxy) is 2. The Kier molecular flexibility index (Phi) is 3.54. The standard InChI is InChI=1S/C13H22N2O3/c1-9(13(16)15-4-6-17-7-5-15)14-11-8-10-2-3-12(11)18-10/h9-12,14H,2-8H2,1H3. The molecule has 3 fully saturated rings. The van der Waals surface area contributed by atoms with Crippen LogP contribution < -0.4 is 5.32 Å². The van der Waals surface area contributed by atoms with Gasteiger partial charge in [0.2, 0.25) is 5.91 Å². The van der Waals surface area contributed by atoms with Crippen molar-refractivity contribution < 1.29 is 14.3 Å². The van der Waals surface area contributed by atoms with Crippen LogP contribution in [0.25, 0.3) is 0 Å². The normalized spacial score (nSPS) is 36.9. The van der Waals surface area contributed by atoms with Crippen molar-refractivity contribution in [1.82, 2.24) is 10.2 Å². The molecular formula is C13H22N2O3. The SMILES string of the molecule is CC(NC1CC2CCC1O2)C(=O)N1CCOCC1. The molecule has 0 aromatic rings. The number of morpholine rings is 1. The van der Waals surface area contributed by atoms with Crippen molar-refractivity contribution in [2.24, 2.45) is 0 Å². The summed E-state index contributed by atoms with van der Waals surface area (Å²) in [6.45, 7) is 4.73. The Hall–Kier alpha value is -0.650. The highest BCUT2D eigenvalue weighted by atomic mass is 16.5. The van der Waals surface area contributed by atoms with E-state index in [0.717, 1.165) is 25.9 Å². The van der Waals surface area contributed by atoms with Crippen LogP contribution in [0, 0.1) is 0 Å². The summed E-state index contributed by atoms with van der Waals surface area (Å²) in [6.07, 6.45) is 4.15. The Bertz CT molecular complexity index is 317. The predicted octanol–water partition coefficient (Wildman–Crippen LogP) is 0.143. The molecular weight excluding hydrogens is 232 g/mol. The molecule has 3 rings (SSSR count). The molecule has 3 heterocycles. The Labute approximate surface area is 108 Å². The van der Waals surface area contributed by atoms with Gasteiger partial charge in [0.05, 0.1) is 31.5 Å². The van der Waals surface area contributed by atoms with E-state index >= 15 is 0 Å². The van der Waals surface area contributed by atoms with Gasteiger partial charge >= 0.3 is 0 Å². The average molecular weight is 254 g/mol. The highest BCUT2D eigenvalue weighted by Crippen LogP contribution is 2.34. The second-order valence-electron chi connectivity index (χ2n) is 5.54. The number of rotatable bonds is 3. The number of hydrogen-bond acceptors (Lipinski definition) is 4. The minimum absolute atomic E-state index is 0.115. The van der Waals surface area contributed by atoms with Gasteiger partial charge in [-0.3, -0.25) is 4.79 Å². The van der Waals surface area contributed by atoms with E-state index in [1.165, 1.54) is 6.42 Å². The number of carbonyl (C=O) groups is 1. The van der Waals surface area contributed by atoms with Crippen LogP contribution in [0.5, 0.6) is 0 Å². The van der Waals surface area contributed by atoms with Crippen molar-refractivity contribution in [3.63, 3.8) is 0 Å². The Morgan fingerprint density at radius 1 is 1.33 bits per heavy atom. The van der Waals surface area contributed by atoms with Gasteiger partial charge in [0, 0.05) is 19.1 Å². The molecule has 5 heteroatoms. The van der Waals surface area contributed by atoms with Gasteiger partial charge in [-0.05, 0) is 26.2 Å². The van der Waals surface area contributed by atoms with Crippen molar-refractivity contribution in [3.05, 3.63) is 0 Å². The molecule has 0 radical (unpaired) electrons. The maximum Gasteiger partial charge on any atom is 0.239 e. The van der Waals surface area contributed by atoms with Gasteiger partial charge < -0.3 is 19.7 Å². The molecule has 5 nitrogen and oxygen atoms in total. The van der Waals surface area contributed by atoms with Gasteiger partial charge in [0.25, 0.3) is 0 Å². The number of carbonyl (C=O) groups excluding carboxylic acids is 1. The van der Waals surface area contributed by atoms with E-state index in [1.54, 1.807) is 0 Å². The molecule has 0 spiro atoms. The molecule has 18 heavy (non-hydrogen) atoms. The summed E-state index contributed by atoms with van der Waals surface area (Å²) in [7, 11) is 0. The average Bonchev–Trinajstić information content (AvgIpc) is 3.01. The summed E-state index contributed by atoms with van der Waals surface area (Å²) < 4.78 is 11.1. The zero-order chi connectivity index (χ0) is 12.5. The lowest BCUT2D eigenvalue weighted by Crippen LogP contribution is -2.53. The number of amides is 1. The molecule has 0 aromatic carbocycles. The van der Waals surface area contributed by atoms with E-state index in [0.29, 0.717) is 31.5 Å². The fourth-order valence-corrected chi connectivity index (χ4v) is 3.26. The van der Waals surface area contributed by atoms with Crippen LogP contribution in [0.1, 0.15) is 26.2 Å². The van der Waals surface area contributed by atoms with Crippen LogP contribution in [-0.4, -0.2) is 61.4 Å². The topological polar surface area (TPSA) is 50.8 Å². The minimum Gasteiger partial charge on any atom is -0.378 e. The molecule has 3 aliphatic heterocycles. The van der Waals surface area contributed by atoms with Crippen molar-refractivity contribution in [2.45, 2.75) is 50.5 Å². The molecule has 102 valence electrons. The van der Waals surface area contributed by atoms with Gasteiger partial charge in [-0.25, -0.2) is 0 Å². The first-order valence-corrected chi connectivity index (χ1v) is 7.02. The Morgan fingerprint density at radius 2 is 2.11 bits per heavy atom. The summed E-state index contributed by atoms with van der Waals surface area (Å²) in [5.41, 5.74) is 0. The molecule has 3 saturated heterocycles. The van der Waals surface area contributed by atoms with Crippen molar-refractivity contribution in [2.75, 3.05) is 26.3 Å². The van der Waals surface area contributed by atoms with Gasteiger partial charge in [-0.15, -0.1) is 0 Å². The Balaban J connectivity index is 1.51. The monoisotopic (exact) mass is 254 g/mol. The van der Waals surface area contributed by atoms with Gasteiger partial charge in [0.1, 0.15) is 0 Å². The molecule has 4 unspecified atom stereocenters. The molecule has 0 aliphatic carbocycles. The summed E-state index contributed by atoms with van der Waals surface area (Å²) in [5, 5.41) is 3.45. The highest BCUT2D eigenvalue weighted by molar-refractivity contribution is 5.81. The Morgan fingerprint density at radius 3 is 2.72 bits per heavy atom. The van der Waals surface area contributed by atoms with Crippen LogP contribution in [0.4, 0.5) is 0 Å². The maximum absolute atomic E-state index is 12.3. The quantitative estimate of drug-likeness (QED) is 0.778. The second-order valence-corrected chi connectivity index (χ2v) is 5.54. The van der Waals surface area contributed by atoms with Crippen molar-refractivity contribution in [1.29, 1.82) is 0 Å². The van der Waals surface area contributed by atoms with E-state index in [-0.39, 0.29) is 11.9 Å². The first-order valence-electron chi connectivity index (χ1n) is 7.02. The van der Waals surface area contributed by atoms with Crippen LogP contribution >= 0.6 is 0 Å². The number of hydrogen-bond donors (Lipinski definition) is 1. The maximum atomic E-state index is 12.3. The number of nitrogens with one attached hydrogen (secondary N) is 1. The van der Waals surface area contributed by atoms with Crippen LogP contribution in [0.2, 0.25) is 0 Å². The zero-order valence-electron chi connectivity index (χ0n) is 10.9. The molecule has 0 saturated carbocycles. The summed E-state index contributed by atoms with van der Waals surface area (Å²) in [4.78, 5) is 14.2. The number of fused-ring (bicyclic) bond motifs is 2. The van der Waals surface area contributed by atoms with Crippen LogP contribution in [-0.2, 0) is 14.3 Å². The van der Waals surface area contributed by atoms with Gasteiger partial charge in [-0.2, -0.15) is 0 Å². The van der Waals surface area contributed by atoms with E-state index < -0.39 is 0 Å². The van der Waals surface area contributed by atoms with E-state index in [4.69, 9.17) is 9.47 Å². The third-order valence-electron chi connectivity index (χ3n) is 4.26. The predicted molar refractivity (Wildman–Crippen MR) is 66.3 cm³/mol. The third kappa shape index (κ3) is 2.39. The molecule has 0 aromatic heterocycles. The zero-order valence-corrected chi connectivity index (χ0v) is 10.9. The largest absolute Gasteiger partial charge is 0.378 e. The second kappa shape index (κ2) is 5.15. The molecule has 1 amide bonds. The summed E-state index contributed by atoms with van der Waals surface area (Å²) >= 11 is 0. The summed E-state index contributed by atoms with van der Waals surface area (Å²) in [6, 6.07) is 0.250. The minimum atomic E-state index is -0.115. The molecule has 4 atom stereocenters. The summed E-state index contributed by atoms with van der Waals surface area (Å²) in [5.74, 6) is 0.195. The van der Waals surface area contributed by atoms with Crippen molar-refractivity contribution in [3.8, 4) is 0 Å². The first kappa shape index (κ1) is 12.4. The van der Waals surface area contributed by atoms with Crippen LogP contribution in [0.15, 0.2) is 0 Å². The van der Waals surface area contributed by atoms with Gasteiger partial charge in [0.15, 0.2) is 0 Å². The fraction of sp³-hybridized carbons (Fsp3) is 0.923. The third-order valence-corrected chi connectivity index (χ3v) is 4.26. The fourth-order valence-electron chi connectivity index (χ4n) is 3.26. The highest BCUT2D eigenvalue weighted by Gasteiger charge is 2.41. The van der Waals surface area contributed by atoms with E-state index in [2.05, 4.69) is 5.32 Å². The molecule has 3 aliphatic rings. The van der Waals surface area contributed by atoms with Gasteiger partial charge in [-0.1, -0.05) is 0 Å². The van der Waals surface area contributed by atoms with Crippen LogP contribution in [0.3, 0.4) is 0 Å². The van der Waals surface area contributed by atoms with E-state index in [1.807, 2.05) is 11.8 Å². The lowest BCUT2D eigenvalue weighted by Gasteiger charge is -2.31. The first-order chi connectivity index (χ1) is 8.74. The molecule has 2 bridgehead atoms.